The number of imidazole rings is 1. The smallest absolute Gasteiger partial charge is 0.408 e. The van der Waals surface area contributed by atoms with Crippen LogP contribution in [0.1, 0.15) is 86.3 Å². The van der Waals surface area contributed by atoms with Crippen LogP contribution in [0.4, 0.5) is 4.79 Å². The van der Waals surface area contributed by atoms with Crippen LogP contribution < -0.4 is 21.7 Å². The first kappa shape index (κ1) is 38.9. The molecule has 6 N–H and O–H groups in total. The Hall–Kier alpha value is -3.16. The number of nitrogens with two attached hydrogens (primary N) is 1. The summed E-state index contributed by atoms with van der Waals surface area (Å²) in [5.41, 5.74) is 7.67. The number of thioether (sulfide) groups is 1. The number of allylic oxidation sites excluding steroid dienone is 4. The molecule has 0 aromatic carbocycles. The van der Waals surface area contributed by atoms with Gasteiger partial charge in [-0.1, -0.05) is 51.1 Å². The minimum absolute atomic E-state index is 0.221. The Bertz CT molecular complexity index is 1220. The van der Waals surface area contributed by atoms with Crippen molar-refractivity contribution >= 4 is 58.2 Å². The number of aromatic nitrogens is 2. The first-order valence-corrected chi connectivity index (χ1v) is 16.3. The molecule has 2 heterocycles. The normalized spacial score (nSPS) is 20.1. The van der Waals surface area contributed by atoms with Gasteiger partial charge in [-0.15, -0.1) is 0 Å². The van der Waals surface area contributed by atoms with Crippen LogP contribution in [0.3, 0.4) is 0 Å². The maximum atomic E-state index is 12.3. The summed E-state index contributed by atoms with van der Waals surface area (Å²) in [6.07, 6.45) is 9.09. The highest BCUT2D eigenvalue weighted by molar-refractivity contribution is 8.15. The molecule has 2 fully saturated rings. The highest BCUT2D eigenvalue weighted by Crippen LogP contribution is 2.33. The van der Waals surface area contributed by atoms with Crippen LogP contribution >= 0.6 is 23.4 Å². The number of carbonyl (C=O) groups excluding carboxylic acids is 3. The van der Waals surface area contributed by atoms with Crippen LogP contribution in [0, 0.1) is 11.3 Å². The Morgan fingerprint density at radius 2 is 1.93 bits per heavy atom. The zero-order valence-corrected chi connectivity index (χ0v) is 28.7. The minimum atomic E-state index is -0.661. The van der Waals surface area contributed by atoms with Crippen molar-refractivity contribution in [3.8, 4) is 0 Å². The molecule has 246 valence electrons. The summed E-state index contributed by atoms with van der Waals surface area (Å²) in [4.78, 5) is 42.0. The quantitative estimate of drug-likeness (QED) is 0.162. The van der Waals surface area contributed by atoms with E-state index >= 15 is 0 Å². The molecule has 4 rings (SSSR count). The molecule has 44 heavy (non-hydrogen) atoms. The Morgan fingerprint density at radius 3 is 2.45 bits per heavy atom. The van der Waals surface area contributed by atoms with E-state index in [0.717, 1.165) is 31.1 Å². The number of carbonyl (C=O) groups is 3. The Morgan fingerprint density at radius 1 is 1.27 bits per heavy atom. The zero-order chi connectivity index (χ0) is 33.4. The molecule has 1 aromatic rings. The molecule has 0 bridgehead atoms. The van der Waals surface area contributed by atoms with E-state index in [9.17, 15) is 14.4 Å². The summed E-state index contributed by atoms with van der Waals surface area (Å²) in [5.74, 6) is 0.345. The molecule has 2 aliphatic carbocycles. The molecule has 14 heteroatoms. The van der Waals surface area contributed by atoms with Crippen LogP contribution in [-0.2, 0) is 14.3 Å². The number of aldehydes is 1. The Balaban J connectivity index is 0.000000943. The Labute approximate surface area is 270 Å². The van der Waals surface area contributed by atoms with E-state index in [4.69, 9.17) is 27.5 Å². The number of amides is 2. The van der Waals surface area contributed by atoms with E-state index in [1.54, 1.807) is 51.0 Å². The molecule has 0 spiro atoms. The zero-order valence-electron chi connectivity index (χ0n) is 27.1. The summed E-state index contributed by atoms with van der Waals surface area (Å²) in [6.45, 7) is 13.0. The van der Waals surface area contributed by atoms with Crippen molar-refractivity contribution in [2.24, 2.45) is 16.6 Å². The fourth-order valence-corrected chi connectivity index (χ4v) is 5.11. The van der Waals surface area contributed by atoms with Crippen molar-refractivity contribution in [1.29, 1.82) is 5.41 Å². The molecular weight excluding hydrogens is 604 g/mol. The van der Waals surface area contributed by atoms with E-state index in [0.29, 0.717) is 40.4 Å². The average molecular weight is 653 g/mol. The average Bonchev–Trinajstić information content (AvgIpc) is 3.64. The number of halogens is 1. The lowest BCUT2D eigenvalue weighted by Crippen LogP contribution is -2.44. The number of alkyl carbamates (subject to hydrolysis) is 1. The van der Waals surface area contributed by atoms with Crippen LogP contribution in [0.25, 0.3) is 5.57 Å². The molecule has 3 aliphatic rings. The van der Waals surface area contributed by atoms with E-state index in [2.05, 4.69) is 25.9 Å². The number of ether oxygens (including phenoxy) is 1. The van der Waals surface area contributed by atoms with Gasteiger partial charge < -0.3 is 31.2 Å². The third kappa shape index (κ3) is 12.8. The van der Waals surface area contributed by atoms with E-state index in [1.165, 1.54) is 11.8 Å². The number of hydrogen-bond donors (Lipinski definition) is 5. The topological polar surface area (TPSA) is 177 Å². The monoisotopic (exact) mass is 652 g/mol. The fraction of sp³-hybridized carbons (Fsp3) is 0.600. The van der Waals surface area contributed by atoms with Crippen molar-refractivity contribution in [2.75, 3.05) is 13.6 Å². The predicted molar refractivity (Wildman–Crippen MR) is 180 cm³/mol. The third-order valence-corrected chi connectivity index (χ3v) is 7.53. The van der Waals surface area contributed by atoms with Crippen molar-refractivity contribution in [1.82, 2.24) is 25.5 Å². The van der Waals surface area contributed by atoms with Gasteiger partial charge in [-0.3, -0.25) is 19.8 Å². The largest absolute Gasteiger partial charge is 0.444 e. The maximum absolute atomic E-state index is 12.3. The van der Waals surface area contributed by atoms with Crippen molar-refractivity contribution in [3.63, 3.8) is 0 Å². The molecule has 1 aliphatic heterocycles. The second-order valence-electron chi connectivity index (χ2n) is 10.5. The van der Waals surface area contributed by atoms with Crippen molar-refractivity contribution < 1.29 is 19.1 Å². The number of amidine groups is 1. The number of nitrogens with zero attached hydrogens (tertiary/aromatic N) is 3. The van der Waals surface area contributed by atoms with Gasteiger partial charge in [-0.05, 0) is 64.5 Å². The SMILES string of the molecule is CC.CC.CN=C1NC(N)C(C(=N)n2cncc2C2=C(Cl)C=C(NC(=O)CNC(=O)OC(C)(C)C)CCC2)S1.O=CC1CC1. The van der Waals surface area contributed by atoms with Gasteiger partial charge in [0.25, 0.3) is 0 Å². The van der Waals surface area contributed by atoms with E-state index < -0.39 is 17.9 Å². The van der Waals surface area contributed by atoms with Gasteiger partial charge in [0, 0.05) is 23.7 Å². The molecule has 1 aromatic heterocycles. The second kappa shape index (κ2) is 19.3. The number of nitrogens with one attached hydrogen (secondary N) is 4. The van der Waals surface area contributed by atoms with Crippen LogP contribution in [0.2, 0.25) is 0 Å². The van der Waals surface area contributed by atoms with Gasteiger partial charge in [0.05, 0.1) is 18.1 Å². The third-order valence-electron chi connectivity index (χ3n) is 5.90. The molecular formula is C30H49ClN8O4S. The van der Waals surface area contributed by atoms with E-state index in [1.807, 2.05) is 27.7 Å². The predicted octanol–water partition coefficient (Wildman–Crippen LogP) is 4.99. The molecule has 0 radical (unpaired) electrons. The van der Waals surface area contributed by atoms with Gasteiger partial charge in [-0.2, -0.15) is 0 Å². The highest BCUT2D eigenvalue weighted by Gasteiger charge is 2.34. The maximum Gasteiger partial charge on any atom is 0.408 e. The van der Waals surface area contributed by atoms with E-state index in [-0.39, 0.29) is 23.5 Å². The lowest BCUT2D eigenvalue weighted by Gasteiger charge is -2.19. The molecule has 12 nitrogen and oxygen atoms in total. The van der Waals surface area contributed by atoms with Crippen LogP contribution in [0.15, 0.2) is 34.3 Å². The van der Waals surface area contributed by atoms with Gasteiger partial charge >= 0.3 is 6.09 Å². The summed E-state index contributed by atoms with van der Waals surface area (Å²) in [7, 11) is 1.67. The summed E-state index contributed by atoms with van der Waals surface area (Å²) in [5, 5.41) is 17.8. The first-order valence-electron chi connectivity index (χ1n) is 15.0. The van der Waals surface area contributed by atoms with Crippen LogP contribution in [0.5, 0.6) is 0 Å². The molecule has 2 atom stereocenters. The summed E-state index contributed by atoms with van der Waals surface area (Å²) >= 11 is 8.05. The van der Waals surface area contributed by atoms with Crippen molar-refractivity contribution in [3.05, 3.63) is 35.0 Å². The molecule has 2 amide bonds. The van der Waals surface area contributed by atoms with Gasteiger partial charge in [0.15, 0.2) is 5.17 Å². The number of aliphatic imine (C=N–C) groups is 1. The van der Waals surface area contributed by atoms with Gasteiger partial charge in [0.1, 0.15) is 35.8 Å². The van der Waals surface area contributed by atoms with Gasteiger partial charge in [-0.25, -0.2) is 9.78 Å². The fourth-order valence-electron chi connectivity index (χ4n) is 3.79. The minimum Gasteiger partial charge on any atom is -0.444 e. The second-order valence-corrected chi connectivity index (χ2v) is 12.0. The van der Waals surface area contributed by atoms with Gasteiger partial charge in [0.2, 0.25) is 5.91 Å². The highest BCUT2D eigenvalue weighted by atomic mass is 35.5. The lowest BCUT2D eigenvalue weighted by molar-refractivity contribution is -0.119. The van der Waals surface area contributed by atoms with Crippen LogP contribution in [-0.4, -0.2) is 69.5 Å². The standard InChI is InChI=1S/C22H31ClN8O3S.C4H6O.2C2H6/c1-22(2,3)34-21(33)28-10-16(32)29-12-6-5-7-13(14(23)8-12)15-9-27-11-31(15)19(25)17-18(24)30-20(26-4)35-17;5-3-4-1-2-4;2*1-2/h8-9,11,17-18,25H,5-7,10,24H2,1-4H3,(H,26,30)(H,28,33)(H,29,32);3-4H,1-2H2;2*1-2H3. The number of hydrogen-bond acceptors (Lipinski definition) is 9. The molecule has 1 saturated carbocycles. The lowest BCUT2D eigenvalue weighted by atomic mass is 10.1. The summed E-state index contributed by atoms with van der Waals surface area (Å²) in [6, 6.07) is 0. The molecule has 2 unspecified atom stereocenters. The first-order chi connectivity index (χ1) is 20.9. The van der Waals surface area contributed by atoms with Crippen molar-refractivity contribution in [2.45, 2.75) is 97.6 Å². The Kier molecular flexibility index (Phi) is 17.0. The summed E-state index contributed by atoms with van der Waals surface area (Å²) < 4.78 is 6.82. The molecule has 1 saturated heterocycles. The number of rotatable bonds is 6.